The van der Waals surface area contributed by atoms with Gasteiger partial charge in [-0.05, 0) is 36.8 Å². The smallest absolute Gasteiger partial charge is 0.297 e. The number of nitrogens with one attached hydrogen (secondary N) is 1. The van der Waals surface area contributed by atoms with E-state index in [1.807, 2.05) is 64.1 Å². The second-order valence-electron chi connectivity index (χ2n) is 7.80. The van der Waals surface area contributed by atoms with Crippen LogP contribution in [0.3, 0.4) is 0 Å². The zero-order valence-electron chi connectivity index (χ0n) is 17.0. The molecule has 0 aliphatic carbocycles. The maximum absolute atomic E-state index is 12.7. The normalized spacial score (nSPS) is 11.7. The number of aromatic amines is 1. The van der Waals surface area contributed by atoms with E-state index in [4.69, 9.17) is 17.0 Å². The highest BCUT2D eigenvalue weighted by Crippen LogP contribution is 2.18. The van der Waals surface area contributed by atoms with Gasteiger partial charge in [0.2, 0.25) is 4.77 Å². The predicted octanol–water partition coefficient (Wildman–Crippen LogP) is 4.37. The number of H-pyrrole nitrogens is 1. The average Bonchev–Trinajstić information content (AvgIpc) is 2.67. The number of nitrogens with zero attached hydrogens (tertiary/aromatic N) is 3. The number of aryl methyl sites for hydroxylation is 1. The maximum Gasteiger partial charge on any atom is 0.297 e. The molecule has 7 heteroatoms. The molecule has 1 aromatic heterocycles. The highest BCUT2D eigenvalue weighted by Gasteiger charge is 2.21. The maximum atomic E-state index is 12.7. The van der Waals surface area contributed by atoms with Crippen molar-refractivity contribution in [2.24, 2.45) is 5.10 Å². The molecule has 6 nitrogen and oxygen atoms in total. The van der Waals surface area contributed by atoms with Gasteiger partial charge in [-0.2, -0.15) is 14.9 Å². The van der Waals surface area contributed by atoms with Crippen LogP contribution in [0, 0.1) is 11.7 Å². The van der Waals surface area contributed by atoms with Crippen molar-refractivity contribution in [1.29, 1.82) is 0 Å². The summed E-state index contributed by atoms with van der Waals surface area (Å²) < 4.78 is 7.25. The van der Waals surface area contributed by atoms with E-state index < -0.39 is 5.41 Å². The van der Waals surface area contributed by atoms with Gasteiger partial charge in [0.15, 0.2) is 0 Å². The third-order valence-corrected chi connectivity index (χ3v) is 4.57. The highest BCUT2D eigenvalue weighted by atomic mass is 32.1. The van der Waals surface area contributed by atoms with E-state index in [-0.39, 0.29) is 10.3 Å². The van der Waals surface area contributed by atoms with Crippen LogP contribution in [-0.4, -0.2) is 21.1 Å². The second-order valence-corrected chi connectivity index (χ2v) is 8.19. The van der Waals surface area contributed by atoms with Crippen LogP contribution in [-0.2, 0) is 12.0 Å². The van der Waals surface area contributed by atoms with Gasteiger partial charge in [0.1, 0.15) is 18.1 Å². The number of aromatic nitrogens is 3. The Morgan fingerprint density at radius 2 is 1.86 bits per heavy atom. The first-order valence-electron chi connectivity index (χ1n) is 9.29. The lowest BCUT2D eigenvalue weighted by molar-refractivity contribution is 0.306. The van der Waals surface area contributed by atoms with E-state index >= 15 is 0 Å². The van der Waals surface area contributed by atoms with Crippen LogP contribution in [0.15, 0.2) is 58.4 Å². The lowest BCUT2D eigenvalue weighted by Gasteiger charge is -2.16. The van der Waals surface area contributed by atoms with Crippen molar-refractivity contribution in [1.82, 2.24) is 14.9 Å². The Labute approximate surface area is 174 Å². The average molecular weight is 409 g/mol. The molecule has 29 heavy (non-hydrogen) atoms. The third kappa shape index (κ3) is 5.06. The molecule has 0 aliphatic rings. The monoisotopic (exact) mass is 408 g/mol. The SMILES string of the molecule is Cc1ccc(COc2ccccc2/C=N\n2c(=S)[nH]nc(C(C)(C)C)c2=O)cc1. The zero-order chi connectivity index (χ0) is 21.0. The molecule has 3 rings (SSSR count). The van der Waals surface area contributed by atoms with E-state index in [0.29, 0.717) is 18.1 Å². The van der Waals surface area contributed by atoms with Gasteiger partial charge in [-0.25, -0.2) is 0 Å². The van der Waals surface area contributed by atoms with Crippen LogP contribution < -0.4 is 10.3 Å². The number of hydrogen-bond donors (Lipinski definition) is 1. The van der Waals surface area contributed by atoms with Crippen LogP contribution >= 0.6 is 12.2 Å². The Kier molecular flexibility index (Phi) is 6.08. The van der Waals surface area contributed by atoms with Crippen molar-refractivity contribution in [3.8, 4) is 5.75 Å². The van der Waals surface area contributed by atoms with E-state index in [1.165, 1.54) is 5.56 Å². The van der Waals surface area contributed by atoms with E-state index in [0.717, 1.165) is 15.8 Å². The van der Waals surface area contributed by atoms with Crippen molar-refractivity contribution >= 4 is 18.4 Å². The minimum atomic E-state index is -0.428. The lowest BCUT2D eigenvalue weighted by Crippen LogP contribution is -2.32. The topological polar surface area (TPSA) is 72.3 Å². The van der Waals surface area contributed by atoms with Crippen molar-refractivity contribution in [2.75, 3.05) is 0 Å². The van der Waals surface area contributed by atoms with Crippen LogP contribution in [0.25, 0.3) is 0 Å². The fraction of sp³-hybridized carbons (Fsp3) is 0.273. The summed E-state index contributed by atoms with van der Waals surface area (Å²) in [6.45, 7) is 8.23. The molecule has 0 spiro atoms. The van der Waals surface area contributed by atoms with Crippen molar-refractivity contribution in [3.63, 3.8) is 0 Å². The first-order chi connectivity index (χ1) is 13.8. The number of para-hydroxylation sites is 1. The molecule has 0 bridgehead atoms. The Morgan fingerprint density at radius 3 is 2.55 bits per heavy atom. The van der Waals surface area contributed by atoms with Gasteiger partial charge in [-0.1, -0.05) is 62.7 Å². The molecular formula is C22H24N4O2S. The van der Waals surface area contributed by atoms with Gasteiger partial charge in [0.25, 0.3) is 5.56 Å². The van der Waals surface area contributed by atoms with Crippen LogP contribution in [0.4, 0.5) is 0 Å². The number of ether oxygens (including phenoxy) is 1. The lowest BCUT2D eigenvalue weighted by atomic mass is 9.93. The molecule has 1 heterocycles. The third-order valence-electron chi connectivity index (χ3n) is 4.31. The van der Waals surface area contributed by atoms with Crippen molar-refractivity contribution in [3.05, 3.63) is 86.0 Å². The Balaban J connectivity index is 1.88. The first-order valence-corrected chi connectivity index (χ1v) is 9.70. The summed E-state index contributed by atoms with van der Waals surface area (Å²) in [6.07, 6.45) is 1.57. The number of benzene rings is 2. The molecule has 2 aromatic carbocycles. The van der Waals surface area contributed by atoms with Gasteiger partial charge in [0.05, 0.1) is 6.21 Å². The summed E-state index contributed by atoms with van der Waals surface area (Å²) in [5.41, 5.74) is 2.63. The first kappa shape index (κ1) is 20.7. The van der Waals surface area contributed by atoms with E-state index in [2.05, 4.69) is 27.4 Å². The second kappa shape index (κ2) is 8.53. The molecule has 0 saturated carbocycles. The fourth-order valence-corrected chi connectivity index (χ4v) is 2.84. The van der Waals surface area contributed by atoms with Gasteiger partial charge in [-0.15, -0.1) is 0 Å². The van der Waals surface area contributed by atoms with E-state index in [1.54, 1.807) is 6.21 Å². The fourth-order valence-electron chi connectivity index (χ4n) is 2.67. The van der Waals surface area contributed by atoms with Crippen LogP contribution in [0.2, 0.25) is 0 Å². The molecule has 1 N–H and O–H groups in total. The minimum Gasteiger partial charge on any atom is -0.488 e. The van der Waals surface area contributed by atoms with Crippen LogP contribution in [0.1, 0.15) is 43.2 Å². The molecule has 150 valence electrons. The molecule has 0 amide bonds. The molecule has 0 aliphatic heterocycles. The van der Waals surface area contributed by atoms with Gasteiger partial charge < -0.3 is 4.74 Å². The van der Waals surface area contributed by atoms with E-state index in [9.17, 15) is 4.79 Å². The number of rotatable bonds is 5. The summed E-state index contributed by atoms with van der Waals surface area (Å²) in [5.74, 6) is 0.671. The molecule has 0 atom stereocenters. The Hall–Kier alpha value is -3.06. The molecular weight excluding hydrogens is 384 g/mol. The summed E-state index contributed by atoms with van der Waals surface area (Å²) >= 11 is 5.20. The van der Waals surface area contributed by atoms with Gasteiger partial charge in [0, 0.05) is 11.0 Å². The summed E-state index contributed by atoms with van der Waals surface area (Å²) in [4.78, 5) is 12.7. The van der Waals surface area contributed by atoms with Crippen LogP contribution in [0.5, 0.6) is 5.75 Å². The van der Waals surface area contributed by atoms with Gasteiger partial charge >= 0.3 is 0 Å². The molecule has 0 radical (unpaired) electrons. The minimum absolute atomic E-state index is 0.136. The molecule has 0 fully saturated rings. The number of hydrogen-bond acceptors (Lipinski definition) is 5. The van der Waals surface area contributed by atoms with Crippen molar-refractivity contribution in [2.45, 2.75) is 39.7 Å². The molecule has 0 unspecified atom stereocenters. The molecule has 3 aromatic rings. The largest absolute Gasteiger partial charge is 0.488 e. The zero-order valence-corrected chi connectivity index (χ0v) is 17.8. The standard InChI is InChI=1S/C22H24N4O2S/c1-15-9-11-16(12-10-15)14-28-18-8-6-5-7-17(18)13-23-26-20(27)19(22(2,3)4)24-25-21(26)29/h5-13H,14H2,1-4H3,(H,25,29)/b23-13-. The summed E-state index contributed by atoms with van der Waals surface area (Å²) in [5, 5.41) is 11.1. The quantitative estimate of drug-likeness (QED) is 0.503. The molecule has 0 saturated heterocycles. The summed E-state index contributed by atoms with van der Waals surface area (Å²) in [6, 6.07) is 15.7. The Bertz CT molecular complexity index is 1140. The van der Waals surface area contributed by atoms with Crippen molar-refractivity contribution < 1.29 is 4.74 Å². The van der Waals surface area contributed by atoms with Gasteiger partial charge in [-0.3, -0.25) is 9.89 Å². The predicted molar refractivity (Wildman–Crippen MR) is 117 cm³/mol. The summed E-state index contributed by atoms with van der Waals surface area (Å²) in [7, 11) is 0. The highest BCUT2D eigenvalue weighted by molar-refractivity contribution is 7.71. The Morgan fingerprint density at radius 1 is 1.17 bits per heavy atom.